The number of carboxylic acid groups (broad SMARTS) is 1. The van der Waals surface area contributed by atoms with Crippen LogP contribution in [0.1, 0.15) is 52.9 Å². The number of nitrogens with two attached hydrogens (primary N) is 4. The van der Waals surface area contributed by atoms with Crippen molar-refractivity contribution >= 4 is 29.7 Å². The Morgan fingerprint density at radius 3 is 1.91 bits per heavy atom. The van der Waals surface area contributed by atoms with E-state index < -0.39 is 59.9 Å². The van der Waals surface area contributed by atoms with Gasteiger partial charge in [-0.2, -0.15) is 0 Å². The Morgan fingerprint density at radius 2 is 1.43 bits per heavy atom. The molecule has 0 saturated carbocycles. The van der Waals surface area contributed by atoms with Crippen LogP contribution in [0.15, 0.2) is 4.99 Å². The zero-order valence-electron chi connectivity index (χ0n) is 20.7. The van der Waals surface area contributed by atoms with Crippen molar-refractivity contribution in [1.82, 2.24) is 16.0 Å². The first-order valence-corrected chi connectivity index (χ1v) is 11.6. The summed E-state index contributed by atoms with van der Waals surface area (Å²) in [6, 6.07) is -4.54. The van der Waals surface area contributed by atoms with Gasteiger partial charge in [-0.1, -0.05) is 13.8 Å². The summed E-state index contributed by atoms with van der Waals surface area (Å²) >= 11 is 0. The zero-order valence-corrected chi connectivity index (χ0v) is 20.7. The van der Waals surface area contributed by atoms with Gasteiger partial charge in [-0.3, -0.25) is 19.4 Å². The van der Waals surface area contributed by atoms with Gasteiger partial charge in [0.2, 0.25) is 17.7 Å². The van der Waals surface area contributed by atoms with Crippen molar-refractivity contribution in [3.05, 3.63) is 0 Å². The van der Waals surface area contributed by atoms with Gasteiger partial charge in [0.15, 0.2) is 5.96 Å². The van der Waals surface area contributed by atoms with Gasteiger partial charge in [-0.05, 0) is 51.5 Å². The van der Waals surface area contributed by atoms with Crippen molar-refractivity contribution in [2.24, 2.45) is 33.8 Å². The number of aliphatic imine (C=N–C) groups is 1. The molecule has 0 aromatic rings. The number of hydrogen-bond acceptors (Lipinski definition) is 8. The molecule has 5 unspecified atom stereocenters. The van der Waals surface area contributed by atoms with Gasteiger partial charge in [0.25, 0.3) is 0 Å². The normalized spacial score (nSPS) is 15.3. The molecule has 0 rings (SSSR count). The van der Waals surface area contributed by atoms with Crippen LogP contribution in [0.25, 0.3) is 0 Å². The Morgan fingerprint density at radius 1 is 0.857 bits per heavy atom. The second-order valence-corrected chi connectivity index (χ2v) is 8.69. The van der Waals surface area contributed by atoms with E-state index in [2.05, 4.69) is 20.9 Å². The standard InChI is InChI=1S/C21H42N8O6/c1-11(2)16(19(33)28-14(20(34)35)8-6-10-26-21(24)25)29-17(31)13(7-4-5-9-22)27-18(32)15(23)12(3)30/h11-16,30H,4-10,22-23H2,1-3H3,(H,27,32)(H,28,33)(H,29,31)(H,34,35)(H4,24,25,26). The quantitative estimate of drug-likeness (QED) is 0.0555. The number of guanidine groups is 1. The van der Waals surface area contributed by atoms with Crippen LogP contribution >= 0.6 is 0 Å². The summed E-state index contributed by atoms with van der Waals surface area (Å²) in [6.45, 7) is 5.31. The zero-order chi connectivity index (χ0) is 27.1. The number of aliphatic hydroxyl groups is 1. The Labute approximate surface area is 205 Å². The lowest BCUT2D eigenvalue weighted by atomic mass is 10.0. The minimum absolute atomic E-state index is 0.0750. The van der Waals surface area contributed by atoms with Crippen LogP contribution in [-0.2, 0) is 19.2 Å². The minimum Gasteiger partial charge on any atom is -0.480 e. The van der Waals surface area contributed by atoms with Gasteiger partial charge < -0.3 is 49.1 Å². The summed E-state index contributed by atoms with van der Waals surface area (Å²) in [5.74, 6) is -3.79. The first-order chi connectivity index (χ1) is 16.3. The Kier molecular flexibility index (Phi) is 15.2. The van der Waals surface area contributed by atoms with E-state index in [-0.39, 0.29) is 25.3 Å². The molecule has 0 aliphatic carbocycles. The van der Waals surface area contributed by atoms with E-state index in [4.69, 9.17) is 22.9 Å². The smallest absolute Gasteiger partial charge is 0.326 e. The summed E-state index contributed by atoms with van der Waals surface area (Å²) in [6.07, 6.45) is 0.621. The fourth-order valence-corrected chi connectivity index (χ4v) is 3.06. The van der Waals surface area contributed by atoms with Gasteiger partial charge in [-0.15, -0.1) is 0 Å². The largest absolute Gasteiger partial charge is 0.480 e. The molecule has 202 valence electrons. The number of nitrogens with zero attached hydrogens (tertiary/aromatic N) is 1. The fourth-order valence-electron chi connectivity index (χ4n) is 3.06. The Bertz CT molecular complexity index is 727. The summed E-state index contributed by atoms with van der Waals surface area (Å²) in [5.41, 5.74) is 21.6. The van der Waals surface area contributed by atoms with Crippen molar-refractivity contribution in [3.63, 3.8) is 0 Å². The number of carbonyl (C=O) groups is 4. The molecule has 0 aromatic carbocycles. The molecule has 14 heteroatoms. The third-order valence-electron chi connectivity index (χ3n) is 5.21. The van der Waals surface area contributed by atoms with Crippen LogP contribution < -0.4 is 38.9 Å². The lowest BCUT2D eigenvalue weighted by Gasteiger charge is -2.27. The van der Waals surface area contributed by atoms with E-state index in [1.54, 1.807) is 13.8 Å². The average molecular weight is 503 g/mol. The van der Waals surface area contributed by atoms with E-state index in [0.29, 0.717) is 25.8 Å². The molecule has 14 nitrogen and oxygen atoms in total. The number of unbranched alkanes of at least 4 members (excludes halogenated alkanes) is 1. The molecule has 0 aliphatic heterocycles. The van der Waals surface area contributed by atoms with Gasteiger partial charge in [0, 0.05) is 6.54 Å². The molecule has 35 heavy (non-hydrogen) atoms. The summed E-state index contributed by atoms with van der Waals surface area (Å²) in [4.78, 5) is 53.5. The third-order valence-corrected chi connectivity index (χ3v) is 5.21. The van der Waals surface area contributed by atoms with Crippen LogP contribution in [0.5, 0.6) is 0 Å². The number of nitrogens with one attached hydrogen (secondary N) is 3. The molecule has 0 aliphatic rings. The van der Waals surface area contributed by atoms with Crippen molar-refractivity contribution in [3.8, 4) is 0 Å². The molecule has 0 saturated heterocycles. The predicted octanol–water partition coefficient (Wildman–Crippen LogP) is -2.93. The summed E-state index contributed by atoms with van der Waals surface area (Å²) < 4.78 is 0. The highest BCUT2D eigenvalue weighted by Gasteiger charge is 2.32. The SMILES string of the molecule is CC(C)C(NC(=O)C(CCCCN)NC(=O)C(N)C(C)O)C(=O)NC(CCCN=C(N)N)C(=O)O. The highest BCUT2D eigenvalue weighted by atomic mass is 16.4. The fraction of sp³-hybridized carbons (Fsp3) is 0.762. The van der Waals surface area contributed by atoms with Crippen LogP contribution in [0.3, 0.4) is 0 Å². The number of aliphatic carboxylic acids is 1. The molecule has 0 aromatic heterocycles. The lowest BCUT2D eigenvalue weighted by molar-refractivity contribution is -0.142. The number of hydrogen-bond donors (Lipinski definition) is 9. The molecule has 0 heterocycles. The second kappa shape index (κ2) is 16.6. The van der Waals surface area contributed by atoms with Crippen LogP contribution in [0.4, 0.5) is 0 Å². The van der Waals surface area contributed by atoms with E-state index in [1.807, 2.05) is 0 Å². The highest BCUT2D eigenvalue weighted by molar-refractivity contribution is 5.94. The van der Waals surface area contributed by atoms with Gasteiger partial charge >= 0.3 is 5.97 Å². The van der Waals surface area contributed by atoms with Crippen LogP contribution in [0, 0.1) is 5.92 Å². The molecule has 0 spiro atoms. The topological polar surface area (TPSA) is 261 Å². The third kappa shape index (κ3) is 12.9. The molecule has 3 amide bonds. The van der Waals surface area contributed by atoms with E-state index in [9.17, 15) is 29.4 Å². The molecule has 0 bridgehead atoms. The molecule has 13 N–H and O–H groups in total. The molecule has 5 atom stereocenters. The van der Waals surface area contributed by atoms with Crippen molar-refractivity contribution in [1.29, 1.82) is 0 Å². The van der Waals surface area contributed by atoms with Crippen molar-refractivity contribution < 1.29 is 29.4 Å². The number of amides is 3. The number of aliphatic hydroxyl groups excluding tert-OH is 1. The van der Waals surface area contributed by atoms with E-state index in [0.717, 1.165) is 0 Å². The van der Waals surface area contributed by atoms with Crippen molar-refractivity contribution in [2.75, 3.05) is 13.1 Å². The van der Waals surface area contributed by atoms with E-state index in [1.165, 1.54) is 6.92 Å². The van der Waals surface area contributed by atoms with Crippen LogP contribution in [-0.4, -0.2) is 83.2 Å². The Hall–Kier alpha value is -2.97. The predicted molar refractivity (Wildman–Crippen MR) is 131 cm³/mol. The number of carbonyl (C=O) groups excluding carboxylic acids is 3. The van der Waals surface area contributed by atoms with E-state index >= 15 is 0 Å². The van der Waals surface area contributed by atoms with Gasteiger partial charge in [0.05, 0.1) is 6.10 Å². The second-order valence-electron chi connectivity index (χ2n) is 8.69. The average Bonchev–Trinajstić information content (AvgIpc) is 2.77. The molecule has 0 fully saturated rings. The molecular formula is C21H42N8O6. The molecule has 0 radical (unpaired) electrons. The van der Waals surface area contributed by atoms with Crippen LogP contribution in [0.2, 0.25) is 0 Å². The number of carboxylic acids is 1. The lowest BCUT2D eigenvalue weighted by Crippen LogP contribution is -2.59. The Balaban J connectivity index is 5.38. The van der Waals surface area contributed by atoms with Gasteiger partial charge in [-0.25, -0.2) is 4.79 Å². The highest BCUT2D eigenvalue weighted by Crippen LogP contribution is 2.08. The summed E-state index contributed by atoms with van der Waals surface area (Å²) in [7, 11) is 0. The maximum Gasteiger partial charge on any atom is 0.326 e. The monoisotopic (exact) mass is 502 g/mol. The van der Waals surface area contributed by atoms with Crippen molar-refractivity contribution in [2.45, 2.75) is 83.1 Å². The number of rotatable bonds is 17. The first-order valence-electron chi connectivity index (χ1n) is 11.6. The minimum atomic E-state index is -1.24. The van der Waals surface area contributed by atoms with Gasteiger partial charge in [0.1, 0.15) is 24.2 Å². The first kappa shape index (κ1) is 32.0. The molecular weight excluding hydrogens is 460 g/mol. The summed E-state index contributed by atoms with van der Waals surface area (Å²) in [5, 5.41) is 26.6. The maximum absolute atomic E-state index is 13.0. The maximum atomic E-state index is 13.0.